The summed E-state index contributed by atoms with van der Waals surface area (Å²) < 4.78 is 0. The molecule has 2 saturated heterocycles. The first-order valence-electron chi connectivity index (χ1n) is 8.62. The van der Waals surface area contributed by atoms with Crippen LogP contribution in [0.4, 0.5) is 10.5 Å². The summed E-state index contributed by atoms with van der Waals surface area (Å²) in [7, 11) is 0. The Morgan fingerprint density at radius 1 is 1.28 bits per heavy atom. The molecule has 0 spiro atoms. The second kappa shape index (κ2) is 7.91. The number of rotatable bonds is 7. The van der Waals surface area contributed by atoms with Gasteiger partial charge in [-0.25, -0.2) is 4.79 Å². The zero-order valence-corrected chi connectivity index (χ0v) is 15.0. The fraction of sp³-hybridized carbons (Fsp3) is 0.500. The number of fused-ring (bicyclic) bond motifs is 1. The third-order valence-corrected chi connectivity index (χ3v) is 6.14. The van der Waals surface area contributed by atoms with Crippen molar-refractivity contribution >= 4 is 35.2 Å². The smallest absolute Gasteiger partial charge is 0.315 e. The van der Waals surface area contributed by atoms with Gasteiger partial charge in [0.05, 0.1) is 12.1 Å². The lowest BCUT2D eigenvalue weighted by Gasteiger charge is -2.16. The molecule has 0 saturated carbocycles. The van der Waals surface area contributed by atoms with Gasteiger partial charge in [0.2, 0.25) is 5.91 Å². The molecule has 25 heavy (non-hydrogen) atoms. The number of Topliss-reactive ketones (excluding diaryl/α,β-unsaturated/α-hetero) is 1. The van der Waals surface area contributed by atoms with E-state index in [0.29, 0.717) is 22.9 Å². The summed E-state index contributed by atoms with van der Waals surface area (Å²) in [6, 6.07) is 7.40. The van der Waals surface area contributed by atoms with Crippen molar-refractivity contribution < 1.29 is 14.4 Å². The number of urea groups is 1. The van der Waals surface area contributed by atoms with Crippen LogP contribution in [0.1, 0.15) is 43.0 Å². The van der Waals surface area contributed by atoms with E-state index in [9.17, 15) is 14.4 Å². The van der Waals surface area contributed by atoms with Gasteiger partial charge in [-0.05, 0) is 31.9 Å². The lowest BCUT2D eigenvalue weighted by Crippen LogP contribution is -2.36. The van der Waals surface area contributed by atoms with Crippen LogP contribution in [0, 0.1) is 0 Å². The van der Waals surface area contributed by atoms with Crippen molar-refractivity contribution in [2.24, 2.45) is 0 Å². The van der Waals surface area contributed by atoms with E-state index in [4.69, 9.17) is 0 Å². The summed E-state index contributed by atoms with van der Waals surface area (Å²) >= 11 is 1.89. The summed E-state index contributed by atoms with van der Waals surface area (Å²) in [5.74, 6) is 0.909. The Hall–Kier alpha value is -2.02. The van der Waals surface area contributed by atoms with E-state index in [2.05, 4.69) is 16.0 Å². The highest BCUT2D eigenvalue weighted by Gasteiger charge is 2.42. The van der Waals surface area contributed by atoms with Crippen molar-refractivity contribution in [2.75, 3.05) is 11.1 Å². The molecule has 3 atom stereocenters. The molecular formula is C18H23N3O3S. The molecule has 1 aromatic carbocycles. The number of nitrogens with one attached hydrogen (secondary N) is 3. The maximum atomic E-state index is 12.0. The van der Waals surface area contributed by atoms with Crippen LogP contribution in [-0.4, -0.2) is 40.8 Å². The number of unbranched alkanes of at least 4 members (excludes halogenated alkanes) is 1. The third kappa shape index (κ3) is 4.54. The van der Waals surface area contributed by atoms with Gasteiger partial charge in [-0.3, -0.25) is 9.59 Å². The van der Waals surface area contributed by atoms with Crippen LogP contribution in [0.2, 0.25) is 0 Å². The number of anilines is 1. The van der Waals surface area contributed by atoms with E-state index in [1.165, 1.54) is 6.92 Å². The van der Waals surface area contributed by atoms with Crippen LogP contribution < -0.4 is 16.0 Å². The monoisotopic (exact) mass is 361 g/mol. The molecule has 2 heterocycles. The summed E-state index contributed by atoms with van der Waals surface area (Å²) in [6.45, 7) is 1.51. The van der Waals surface area contributed by atoms with Gasteiger partial charge in [0.1, 0.15) is 0 Å². The van der Waals surface area contributed by atoms with Gasteiger partial charge in [0, 0.05) is 28.7 Å². The number of carbonyl (C=O) groups is 3. The van der Waals surface area contributed by atoms with E-state index in [1.807, 2.05) is 11.8 Å². The minimum Gasteiger partial charge on any atom is -0.332 e. The molecule has 6 nitrogen and oxygen atoms in total. The van der Waals surface area contributed by atoms with Crippen molar-refractivity contribution in [3.63, 3.8) is 0 Å². The van der Waals surface area contributed by atoms with Gasteiger partial charge in [-0.15, -0.1) is 0 Å². The number of hydrogen-bond donors (Lipinski definition) is 3. The SMILES string of the molecule is CC(=O)c1cccc(NC(=O)CCCC[C@H]2SC[C@@H]3NC(=O)N[C@H]32)c1. The van der Waals surface area contributed by atoms with Crippen LogP contribution in [0.25, 0.3) is 0 Å². The zero-order valence-electron chi connectivity index (χ0n) is 14.2. The molecule has 0 radical (unpaired) electrons. The normalized spacial score (nSPS) is 24.4. The second-order valence-electron chi connectivity index (χ2n) is 6.55. The van der Waals surface area contributed by atoms with Gasteiger partial charge in [-0.2, -0.15) is 11.8 Å². The Labute approximate surface area is 151 Å². The standard InChI is InChI=1S/C18H23N3O3S/c1-11(22)12-5-4-6-13(9-12)19-16(23)8-3-2-7-15-17-14(10-25-15)20-18(24)21-17/h4-6,9,14-15,17H,2-3,7-8,10H2,1H3,(H,19,23)(H2,20,21,24)/t14-,15+,17+/m0/s1. The van der Waals surface area contributed by atoms with Gasteiger partial charge >= 0.3 is 6.03 Å². The molecule has 2 aliphatic heterocycles. The van der Waals surface area contributed by atoms with Gasteiger partial charge in [0.25, 0.3) is 0 Å². The van der Waals surface area contributed by atoms with E-state index in [1.54, 1.807) is 24.3 Å². The molecule has 3 rings (SSSR count). The fourth-order valence-electron chi connectivity index (χ4n) is 3.31. The molecule has 0 aromatic heterocycles. The number of ketones is 1. The quantitative estimate of drug-likeness (QED) is 0.396. The third-order valence-electron chi connectivity index (χ3n) is 4.63. The van der Waals surface area contributed by atoms with Gasteiger partial charge in [0.15, 0.2) is 5.78 Å². The summed E-state index contributed by atoms with van der Waals surface area (Å²) in [5, 5.41) is 9.20. The Bertz CT molecular complexity index is 679. The summed E-state index contributed by atoms with van der Waals surface area (Å²) in [4.78, 5) is 34.8. The van der Waals surface area contributed by atoms with E-state index in [-0.39, 0.29) is 29.8 Å². The molecule has 134 valence electrons. The fourth-order valence-corrected chi connectivity index (χ4v) is 4.86. The maximum Gasteiger partial charge on any atom is 0.315 e. The topological polar surface area (TPSA) is 87.3 Å². The van der Waals surface area contributed by atoms with Gasteiger partial charge in [-0.1, -0.05) is 18.6 Å². The molecule has 0 bridgehead atoms. The molecular weight excluding hydrogens is 338 g/mol. The lowest BCUT2D eigenvalue weighted by molar-refractivity contribution is -0.116. The first-order chi connectivity index (χ1) is 12.0. The number of hydrogen-bond acceptors (Lipinski definition) is 4. The number of benzene rings is 1. The van der Waals surface area contributed by atoms with Gasteiger partial charge < -0.3 is 16.0 Å². The first-order valence-corrected chi connectivity index (χ1v) is 9.67. The van der Waals surface area contributed by atoms with Crippen LogP contribution in [0.5, 0.6) is 0 Å². The molecule has 7 heteroatoms. The van der Waals surface area contributed by atoms with Crippen molar-refractivity contribution in [1.82, 2.24) is 10.6 Å². The van der Waals surface area contributed by atoms with Crippen molar-refractivity contribution in [3.05, 3.63) is 29.8 Å². The molecule has 1 aromatic rings. The Morgan fingerprint density at radius 3 is 2.92 bits per heavy atom. The summed E-state index contributed by atoms with van der Waals surface area (Å²) in [5.41, 5.74) is 1.25. The summed E-state index contributed by atoms with van der Waals surface area (Å²) in [6.07, 6.45) is 3.23. The molecule has 3 amide bonds. The number of amides is 3. The minimum absolute atomic E-state index is 0.0167. The Kier molecular flexibility index (Phi) is 5.63. The lowest BCUT2D eigenvalue weighted by atomic mass is 10.0. The predicted molar refractivity (Wildman–Crippen MR) is 99.0 cm³/mol. The van der Waals surface area contributed by atoms with Crippen LogP contribution in [0.15, 0.2) is 24.3 Å². The minimum atomic E-state index is -0.0625. The highest BCUT2D eigenvalue weighted by Crippen LogP contribution is 2.33. The molecule has 2 aliphatic rings. The highest BCUT2D eigenvalue weighted by atomic mass is 32.2. The average molecular weight is 361 g/mol. The Morgan fingerprint density at radius 2 is 2.12 bits per heavy atom. The molecule has 0 unspecified atom stereocenters. The molecule has 2 fully saturated rings. The predicted octanol–water partition coefficient (Wildman–Crippen LogP) is 2.55. The molecule has 0 aliphatic carbocycles. The maximum absolute atomic E-state index is 12.0. The average Bonchev–Trinajstić information content (AvgIpc) is 3.11. The second-order valence-corrected chi connectivity index (χ2v) is 7.82. The van der Waals surface area contributed by atoms with Crippen LogP contribution in [-0.2, 0) is 4.79 Å². The number of carbonyl (C=O) groups excluding carboxylic acids is 3. The van der Waals surface area contributed by atoms with E-state index >= 15 is 0 Å². The highest BCUT2D eigenvalue weighted by molar-refractivity contribution is 8.00. The zero-order chi connectivity index (χ0) is 17.8. The molecule has 3 N–H and O–H groups in total. The van der Waals surface area contributed by atoms with Crippen molar-refractivity contribution in [2.45, 2.75) is 49.9 Å². The first kappa shape index (κ1) is 17.8. The number of thioether (sulfide) groups is 1. The van der Waals surface area contributed by atoms with Crippen LogP contribution >= 0.6 is 11.8 Å². The van der Waals surface area contributed by atoms with E-state index in [0.717, 1.165) is 25.0 Å². The van der Waals surface area contributed by atoms with E-state index < -0.39 is 0 Å². The Balaban J connectivity index is 1.38. The van der Waals surface area contributed by atoms with Crippen LogP contribution in [0.3, 0.4) is 0 Å². The van der Waals surface area contributed by atoms with Crippen molar-refractivity contribution in [3.8, 4) is 0 Å². The van der Waals surface area contributed by atoms with Crippen molar-refractivity contribution in [1.29, 1.82) is 0 Å². The largest absolute Gasteiger partial charge is 0.332 e.